The first kappa shape index (κ1) is 17.1. The second-order valence-corrected chi connectivity index (χ2v) is 7.53. The molecule has 0 spiro atoms. The zero-order chi connectivity index (χ0) is 15.6. The average molecular weight is 297 g/mol. The van der Waals surface area contributed by atoms with Crippen LogP contribution >= 0.6 is 11.3 Å². The summed E-state index contributed by atoms with van der Waals surface area (Å²) in [5.74, 6) is -0.00611. The van der Waals surface area contributed by atoms with Crippen molar-refractivity contribution in [1.29, 1.82) is 0 Å². The quantitative estimate of drug-likeness (QED) is 0.846. The molecular weight excluding hydrogens is 270 g/mol. The minimum absolute atomic E-state index is 0.00611. The minimum Gasteiger partial charge on any atom is -0.354 e. The maximum absolute atomic E-state index is 12.4. The van der Waals surface area contributed by atoms with Gasteiger partial charge in [0.2, 0.25) is 5.91 Å². The highest BCUT2D eigenvalue weighted by Crippen LogP contribution is 2.29. The topological polar surface area (TPSA) is 58.4 Å². The molecule has 0 radical (unpaired) electrons. The maximum Gasteiger partial charge on any atom is 0.227 e. The molecule has 1 amide bonds. The number of rotatable bonds is 6. The van der Waals surface area contributed by atoms with E-state index < -0.39 is 11.0 Å². The zero-order valence-corrected chi connectivity index (χ0v) is 14.2. The van der Waals surface area contributed by atoms with Crippen molar-refractivity contribution in [2.24, 2.45) is 11.1 Å². The first-order chi connectivity index (χ1) is 9.07. The number of nitrogens with zero attached hydrogens (tertiary/aromatic N) is 1. The lowest BCUT2D eigenvalue weighted by atomic mass is 9.74. The molecule has 0 aliphatic carbocycles. The molecular formula is C15H27N3OS. The van der Waals surface area contributed by atoms with Crippen LogP contribution in [0.1, 0.15) is 38.6 Å². The Hall–Kier alpha value is -0.910. The molecule has 0 aromatic carbocycles. The molecule has 1 rings (SSSR count). The van der Waals surface area contributed by atoms with Gasteiger partial charge in [0, 0.05) is 17.0 Å². The van der Waals surface area contributed by atoms with E-state index in [1.807, 2.05) is 47.9 Å². The van der Waals surface area contributed by atoms with Gasteiger partial charge in [-0.15, -0.1) is 11.3 Å². The van der Waals surface area contributed by atoms with Crippen LogP contribution in [-0.4, -0.2) is 37.0 Å². The Morgan fingerprint density at radius 1 is 1.40 bits per heavy atom. The summed E-state index contributed by atoms with van der Waals surface area (Å²) in [5, 5.41) is 5.10. The van der Waals surface area contributed by atoms with Crippen LogP contribution in [0.15, 0.2) is 17.5 Å². The van der Waals surface area contributed by atoms with Crippen LogP contribution in [0.3, 0.4) is 0 Å². The van der Waals surface area contributed by atoms with Crippen LogP contribution in [0, 0.1) is 5.41 Å². The summed E-state index contributed by atoms with van der Waals surface area (Å²) in [6.07, 6.45) is 0. The Labute approximate surface area is 126 Å². The van der Waals surface area contributed by atoms with Crippen molar-refractivity contribution in [2.75, 3.05) is 20.6 Å². The Bertz CT molecular complexity index is 432. The van der Waals surface area contributed by atoms with Gasteiger partial charge in [-0.25, -0.2) is 0 Å². The van der Waals surface area contributed by atoms with E-state index in [0.29, 0.717) is 6.54 Å². The molecule has 1 atom stereocenters. The number of amides is 1. The van der Waals surface area contributed by atoms with Gasteiger partial charge in [-0.2, -0.15) is 0 Å². The standard InChI is InChI=1S/C15H27N3OS/c1-14(2,15(3,4)16)13(19)17-10-11(18(5)6)12-8-7-9-20-12/h7-9,11H,10,16H2,1-6H3,(H,17,19). The molecule has 0 aliphatic heterocycles. The van der Waals surface area contributed by atoms with Crippen molar-refractivity contribution >= 4 is 17.2 Å². The van der Waals surface area contributed by atoms with Gasteiger partial charge in [-0.3, -0.25) is 4.79 Å². The van der Waals surface area contributed by atoms with Crippen molar-refractivity contribution in [3.05, 3.63) is 22.4 Å². The van der Waals surface area contributed by atoms with E-state index in [-0.39, 0.29) is 11.9 Å². The number of hydrogen-bond donors (Lipinski definition) is 2. The number of hydrogen-bond acceptors (Lipinski definition) is 4. The summed E-state index contributed by atoms with van der Waals surface area (Å²) in [4.78, 5) is 15.8. The highest BCUT2D eigenvalue weighted by molar-refractivity contribution is 7.10. The van der Waals surface area contributed by atoms with E-state index in [1.165, 1.54) is 4.88 Å². The van der Waals surface area contributed by atoms with E-state index in [0.717, 1.165) is 0 Å². The Balaban J connectivity index is 2.72. The monoisotopic (exact) mass is 297 g/mol. The number of nitrogens with one attached hydrogen (secondary N) is 1. The molecule has 4 nitrogen and oxygen atoms in total. The molecule has 20 heavy (non-hydrogen) atoms. The lowest BCUT2D eigenvalue weighted by molar-refractivity contribution is -0.132. The van der Waals surface area contributed by atoms with E-state index in [1.54, 1.807) is 11.3 Å². The van der Waals surface area contributed by atoms with Gasteiger partial charge in [-0.05, 0) is 53.2 Å². The molecule has 0 bridgehead atoms. The normalized spacial score (nSPS) is 14.4. The van der Waals surface area contributed by atoms with Crippen LogP contribution in [-0.2, 0) is 4.79 Å². The highest BCUT2D eigenvalue weighted by Gasteiger charge is 2.40. The number of carbonyl (C=O) groups excluding carboxylic acids is 1. The predicted octanol–water partition coefficient (Wildman–Crippen LogP) is 2.23. The predicted molar refractivity (Wildman–Crippen MR) is 85.8 cm³/mol. The molecule has 3 N–H and O–H groups in total. The molecule has 1 aromatic heterocycles. The molecule has 5 heteroatoms. The van der Waals surface area contributed by atoms with Crippen molar-refractivity contribution in [2.45, 2.75) is 39.3 Å². The van der Waals surface area contributed by atoms with Gasteiger partial charge in [0.1, 0.15) is 0 Å². The van der Waals surface area contributed by atoms with E-state index >= 15 is 0 Å². The van der Waals surface area contributed by atoms with E-state index in [2.05, 4.69) is 21.7 Å². The Morgan fingerprint density at radius 3 is 2.40 bits per heavy atom. The van der Waals surface area contributed by atoms with Gasteiger partial charge < -0.3 is 16.0 Å². The molecule has 1 unspecified atom stereocenters. The lowest BCUT2D eigenvalue weighted by Gasteiger charge is -2.37. The average Bonchev–Trinajstić information content (AvgIpc) is 2.80. The summed E-state index contributed by atoms with van der Waals surface area (Å²) < 4.78 is 0. The van der Waals surface area contributed by atoms with Crippen LogP contribution in [0.25, 0.3) is 0 Å². The van der Waals surface area contributed by atoms with Crippen molar-refractivity contribution in [1.82, 2.24) is 10.2 Å². The van der Waals surface area contributed by atoms with Gasteiger partial charge in [0.05, 0.1) is 11.5 Å². The van der Waals surface area contributed by atoms with Crippen LogP contribution in [0.4, 0.5) is 0 Å². The summed E-state index contributed by atoms with van der Waals surface area (Å²) in [5.41, 5.74) is 4.93. The van der Waals surface area contributed by atoms with Crippen LogP contribution in [0.5, 0.6) is 0 Å². The first-order valence-electron chi connectivity index (χ1n) is 6.84. The van der Waals surface area contributed by atoms with Crippen molar-refractivity contribution in [3.8, 4) is 0 Å². The summed E-state index contributed by atoms with van der Waals surface area (Å²) in [7, 11) is 4.04. The lowest BCUT2D eigenvalue weighted by Crippen LogP contribution is -2.56. The third kappa shape index (κ3) is 3.81. The van der Waals surface area contributed by atoms with E-state index in [4.69, 9.17) is 5.73 Å². The third-order valence-electron chi connectivity index (χ3n) is 4.13. The van der Waals surface area contributed by atoms with Crippen LogP contribution < -0.4 is 11.1 Å². The third-order valence-corrected chi connectivity index (χ3v) is 5.10. The van der Waals surface area contributed by atoms with Crippen molar-refractivity contribution in [3.63, 3.8) is 0 Å². The number of nitrogens with two attached hydrogens (primary N) is 1. The number of thiophene rings is 1. The molecule has 114 valence electrons. The molecule has 1 heterocycles. The highest BCUT2D eigenvalue weighted by atomic mass is 32.1. The van der Waals surface area contributed by atoms with Gasteiger partial charge in [-0.1, -0.05) is 6.07 Å². The van der Waals surface area contributed by atoms with Gasteiger partial charge >= 0.3 is 0 Å². The fraction of sp³-hybridized carbons (Fsp3) is 0.667. The minimum atomic E-state index is -0.612. The molecule has 0 saturated heterocycles. The fourth-order valence-corrected chi connectivity index (χ4v) is 2.64. The zero-order valence-electron chi connectivity index (χ0n) is 13.4. The second-order valence-electron chi connectivity index (χ2n) is 6.55. The molecule has 1 aromatic rings. The van der Waals surface area contributed by atoms with Gasteiger partial charge in [0.15, 0.2) is 0 Å². The maximum atomic E-state index is 12.4. The first-order valence-corrected chi connectivity index (χ1v) is 7.72. The van der Waals surface area contributed by atoms with Crippen molar-refractivity contribution < 1.29 is 4.79 Å². The smallest absolute Gasteiger partial charge is 0.227 e. The summed E-state index contributed by atoms with van der Waals surface area (Å²) >= 11 is 1.71. The SMILES string of the molecule is CN(C)C(CNC(=O)C(C)(C)C(C)(C)N)c1cccs1. The number of carbonyl (C=O) groups is 1. The fourth-order valence-electron chi connectivity index (χ4n) is 1.72. The molecule has 0 aliphatic rings. The van der Waals surface area contributed by atoms with Gasteiger partial charge in [0.25, 0.3) is 0 Å². The molecule has 0 fully saturated rings. The second kappa shape index (κ2) is 6.24. The van der Waals surface area contributed by atoms with E-state index in [9.17, 15) is 4.79 Å². The Morgan fingerprint density at radius 2 is 2.00 bits per heavy atom. The van der Waals surface area contributed by atoms with Crippen LogP contribution in [0.2, 0.25) is 0 Å². The summed E-state index contributed by atoms with van der Waals surface area (Å²) in [6.45, 7) is 8.13. The summed E-state index contributed by atoms with van der Waals surface area (Å²) in [6, 6.07) is 4.32. The number of likely N-dealkylation sites (N-methyl/N-ethyl adjacent to an activating group) is 1. The molecule has 0 saturated carbocycles. The largest absolute Gasteiger partial charge is 0.354 e. The Kier molecular flexibility index (Phi) is 5.35.